The topological polar surface area (TPSA) is 0 Å². The molecule has 0 spiro atoms. The van der Waals surface area contributed by atoms with Gasteiger partial charge in [0.2, 0.25) is 0 Å². The van der Waals surface area contributed by atoms with E-state index >= 15 is 0 Å². The molecule has 0 saturated heterocycles. The first-order valence-electron chi connectivity index (χ1n) is 0. The fraction of sp³-hybridized carbons (Fsp3) is 0. The summed E-state index contributed by atoms with van der Waals surface area (Å²) < 4.78 is 0. The van der Waals surface area contributed by atoms with E-state index in [2.05, 4.69) is 0 Å². The van der Waals surface area contributed by atoms with Crippen molar-refractivity contribution in [3.63, 3.8) is 0 Å². The molecular formula is Ca12F25K. The first-order chi connectivity index (χ1) is 0. The van der Waals surface area contributed by atoms with Gasteiger partial charge in [-0.1, -0.05) is 0 Å². The van der Waals surface area contributed by atoms with Crippen LogP contribution in [-0.2, 0) is 0 Å². The molecule has 0 rings (SSSR count). The molecule has 0 heterocycles. The van der Waals surface area contributed by atoms with Gasteiger partial charge >= 0.3 is 504 Å². The van der Waals surface area contributed by atoms with Crippen molar-refractivity contribution in [3.8, 4) is 0 Å². The van der Waals surface area contributed by atoms with Crippen LogP contribution in [0.2, 0.25) is 0 Å². The van der Waals surface area contributed by atoms with Crippen LogP contribution in [0, 0.1) is 0 Å². The van der Waals surface area contributed by atoms with E-state index in [4.69, 9.17) is 0 Å². The molecule has 0 nitrogen and oxygen atoms in total. The Morgan fingerprint density at radius 3 is 0.0789 bits per heavy atom. The SMILES string of the molecule is [Ca+2].[Ca+2].[Ca+2].[Ca+2].[Ca+2].[Ca+2].[Ca+2].[Ca+2].[Ca+2].[Ca+2].[Ca+2].[Ca+2].[F-].[F-].[F-].[F-].[F-].[F-].[F-].[F-].[F-].[F-].[F-].[F-].[F-].[F-].[F-].[F-].[F-].[F-].[F-].[F-].[F-].[F-].[F-].[F-].[F-].[K+]. The summed E-state index contributed by atoms with van der Waals surface area (Å²) in [6, 6.07) is 0. The molecule has 0 aromatic rings. The molecule has 0 unspecified atom stereocenters. The zero-order chi connectivity index (χ0) is 0. The van der Waals surface area contributed by atoms with Gasteiger partial charge in [0.1, 0.15) is 0 Å². The zero-order valence-electron chi connectivity index (χ0n) is 18.9. The minimum absolute atomic E-state index is 0. The number of halogens is 25. The predicted octanol–water partition coefficient (Wildman–Crippen LogP) is -82.5. The Hall–Kier alpha value is 15.0. The summed E-state index contributed by atoms with van der Waals surface area (Å²) in [5, 5.41) is 0. The molecule has 0 aliphatic rings. The van der Waals surface area contributed by atoms with Gasteiger partial charge in [-0.2, -0.15) is 0 Å². The Kier molecular flexibility index (Phi) is 10100. The van der Waals surface area contributed by atoms with Gasteiger partial charge in [-0.3, -0.25) is 0 Å². The standard InChI is InChI=1S/12Ca.25FH.K/h;;;;;;;;;;;;25*1H;/q12*+2;;;;;;;;;;;;;;;;;;;;;;;;;;+1/p-25. The van der Waals surface area contributed by atoms with E-state index in [9.17, 15) is 0 Å². The molecule has 0 aliphatic carbocycles. The molecular weight excluding hydrogens is 995 g/mol. The van der Waals surface area contributed by atoms with Gasteiger partial charge in [-0.15, -0.1) is 0 Å². The fourth-order valence-corrected chi connectivity index (χ4v) is 0. The van der Waals surface area contributed by atoms with Crippen molar-refractivity contribution in [2.75, 3.05) is 0 Å². The maximum absolute atomic E-state index is 0. The van der Waals surface area contributed by atoms with E-state index in [1.807, 2.05) is 0 Å². The summed E-state index contributed by atoms with van der Waals surface area (Å²) in [5.41, 5.74) is 0. The molecule has 0 N–H and O–H groups in total. The van der Waals surface area contributed by atoms with Gasteiger partial charge in [-0.25, -0.2) is 0 Å². The summed E-state index contributed by atoms with van der Waals surface area (Å²) in [5.74, 6) is 0. The van der Waals surface area contributed by atoms with Crippen LogP contribution in [0.15, 0.2) is 0 Å². The average Bonchev–Trinajstić information content (AvgIpc) is 0. The van der Waals surface area contributed by atoms with Crippen LogP contribution in [0.5, 0.6) is 0 Å². The van der Waals surface area contributed by atoms with Crippen LogP contribution < -0.4 is 169 Å². The molecule has 0 amide bonds. The van der Waals surface area contributed by atoms with Gasteiger partial charge in [0.15, 0.2) is 0 Å². The minimum Gasteiger partial charge on any atom is -1.00 e. The molecule has 0 atom stereocenters. The van der Waals surface area contributed by atoms with Crippen LogP contribution in [0.3, 0.4) is 0 Å². The van der Waals surface area contributed by atoms with Gasteiger partial charge in [0.05, 0.1) is 0 Å². The minimum atomic E-state index is 0. The molecule has 0 aromatic carbocycles. The number of hydrogen-bond acceptors (Lipinski definition) is 0. The third-order valence-electron chi connectivity index (χ3n) is 0. The molecule has 0 fully saturated rings. The molecule has 0 radical (unpaired) electrons. The normalized spacial score (nSPS) is 0. The van der Waals surface area contributed by atoms with E-state index in [1.165, 1.54) is 0 Å². The Balaban J connectivity index is 0. The second-order valence-electron chi connectivity index (χ2n) is 0. The Morgan fingerprint density at radius 2 is 0.0789 bits per heavy atom. The van der Waals surface area contributed by atoms with Gasteiger partial charge in [-0.05, 0) is 0 Å². The van der Waals surface area contributed by atoms with Crippen molar-refractivity contribution in [3.05, 3.63) is 0 Å². The van der Waals surface area contributed by atoms with E-state index in [-0.39, 0.29) is 622 Å². The smallest absolute Gasteiger partial charge is 1.00 e. The maximum Gasteiger partial charge on any atom is 2.00 e. The van der Waals surface area contributed by atoms with Gasteiger partial charge in [0, 0.05) is 0 Å². The second kappa shape index (κ2) is 601. The van der Waals surface area contributed by atoms with Crippen LogP contribution in [0.4, 0.5) is 0 Å². The van der Waals surface area contributed by atoms with Gasteiger partial charge < -0.3 is 118 Å². The number of rotatable bonds is 0. The summed E-state index contributed by atoms with van der Waals surface area (Å²) in [4.78, 5) is 0. The molecule has 200 valence electrons. The van der Waals surface area contributed by atoms with Crippen molar-refractivity contribution in [1.29, 1.82) is 0 Å². The van der Waals surface area contributed by atoms with Crippen molar-refractivity contribution in [2.24, 2.45) is 0 Å². The van der Waals surface area contributed by atoms with Crippen LogP contribution in [-0.4, -0.2) is 453 Å². The fourth-order valence-electron chi connectivity index (χ4n) is 0. The second-order valence-corrected chi connectivity index (χ2v) is 0. The molecule has 38 heavy (non-hydrogen) atoms. The van der Waals surface area contributed by atoms with Crippen molar-refractivity contribution >= 4 is 453 Å². The van der Waals surface area contributed by atoms with E-state index < -0.39 is 0 Å². The summed E-state index contributed by atoms with van der Waals surface area (Å²) in [6.45, 7) is 0. The summed E-state index contributed by atoms with van der Waals surface area (Å²) in [6.07, 6.45) is 0. The molecule has 0 bridgehead atoms. The predicted molar refractivity (Wildman–Crippen MR) is 69.0 cm³/mol. The summed E-state index contributed by atoms with van der Waals surface area (Å²) >= 11 is 0. The van der Waals surface area contributed by atoms with Crippen molar-refractivity contribution in [1.82, 2.24) is 0 Å². The zero-order valence-corrected chi connectivity index (χ0v) is 48.6. The Labute approximate surface area is 602 Å². The van der Waals surface area contributed by atoms with Crippen LogP contribution in [0.1, 0.15) is 0 Å². The first kappa shape index (κ1) is 637. The largest absolute Gasteiger partial charge is 2.00 e. The Morgan fingerprint density at radius 1 is 0.0789 bits per heavy atom. The average molecular weight is 995 g/mol. The molecule has 0 aromatic heterocycles. The van der Waals surface area contributed by atoms with Crippen LogP contribution in [0.25, 0.3) is 0 Å². The first-order valence-corrected chi connectivity index (χ1v) is 0. The quantitative estimate of drug-likeness (QED) is 0.168. The maximum atomic E-state index is 0. The van der Waals surface area contributed by atoms with Gasteiger partial charge in [0.25, 0.3) is 0 Å². The third-order valence-corrected chi connectivity index (χ3v) is 0. The summed E-state index contributed by atoms with van der Waals surface area (Å²) in [7, 11) is 0. The van der Waals surface area contributed by atoms with E-state index in [1.54, 1.807) is 0 Å². The van der Waals surface area contributed by atoms with Crippen molar-refractivity contribution in [2.45, 2.75) is 0 Å². The van der Waals surface area contributed by atoms with E-state index in [0.717, 1.165) is 0 Å². The molecule has 38 heteroatoms. The molecule has 0 aliphatic heterocycles. The van der Waals surface area contributed by atoms with E-state index in [0.29, 0.717) is 0 Å². The number of hydrogen-bond donors (Lipinski definition) is 0. The Bertz CT molecular complexity index is 40.3. The molecule has 0 saturated carbocycles. The third kappa shape index (κ3) is 567. The monoisotopic (exact) mass is 993 g/mol. The van der Waals surface area contributed by atoms with Crippen LogP contribution >= 0.6 is 0 Å². The van der Waals surface area contributed by atoms with Crippen molar-refractivity contribution < 1.29 is 169 Å².